The van der Waals surface area contributed by atoms with Gasteiger partial charge in [0.2, 0.25) is 11.8 Å². The van der Waals surface area contributed by atoms with Gasteiger partial charge in [-0.2, -0.15) is 0 Å². The third kappa shape index (κ3) is 5.77. The molecule has 1 aromatic carbocycles. The van der Waals surface area contributed by atoms with Crippen LogP contribution in [0, 0.1) is 16.2 Å². The maximum atomic E-state index is 14.1. The Labute approximate surface area is 279 Å². The van der Waals surface area contributed by atoms with Gasteiger partial charge in [-0.1, -0.05) is 20.8 Å². The van der Waals surface area contributed by atoms with Crippen LogP contribution in [-0.2, 0) is 14.3 Å². The number of carbonyl (C=O) groups is 3. The molecule has 0 radical (unpaired) electrons. The molecule has 0 spiro atoms. The summed E-state index contributed by atoms with van der Waals surface area (Å²) < 4.78 is 19.4. The van der Waals surface area contributed by atoms with Crippen LogP contribution in [0.5, 0.6) is 11.5 Å². The van der Waals surface area contributed by atoms with Crippen molar-refractivity contribution in [2.45, 2.75) is 97.1 Å². The van der Waals surface area contributed by atoms with Crippen molar-refractivity contribution in [2.24, 2.45) is 22.0 Å². The van der Waals surface area contributed by atoms with Crippen molar-refractivity contribution in [2.75, 3.05) is 19.0 Å². The summed E-state index contributed by atoms with van der Waals surface area (Å²) in [5.74, 6) is 1.32. The summed E-state index contributed by atoms with van der Waals surface area (Å²) in [4.78, 5) is 46.2. The van der Waals surface area contributed by atoms with Crippen LogP contribution >= 0.6 is 0 Å². The van der Waals surface area contributed by atoms with Crippen molar-refractivity contribution in [3.8, 4) is 17.3 Å². The van der Waals surface area contributed by atoms with E-state index in [0.29, 0.717) is 39.5 Å². The average molecular weight is 660 g/mol. The molecule has 1 saturated heterocycles. The Balaban J connectivity index is 1.11. The van der Waals surface area contributed by atoms with E-state index in [2.05, 4.69) is 15.7 Å². The van der Waals surface area contributed by atoms with Crippen molar-refractivity contribution in [3.05, 3.63) is 36.5 Å². The van der Waals surface area contributed by atoms with E-state index in [0.717, 1.165) is 18.2 Å². The minimum Gasteiger partial charge on any atom is -0.497 e. The molecular formula is C35H45N7O6. The van der Waals surface area contributed by atoms with Gasteiger partial charge in [0.25, 0.3) is 0 Å². The highest BCUT2D eigenvalue weighted by Gasteiger charge is 2.86. The standard InChI is InChI=1S/C35H45N7O6/c1-19(2)37-27-9-10-42(40-27)28-13-26(23-8-7-20(46-6)11-24(23)38-28)47-21-12-25(30(36)43)41(16-21)31(44)29(33(3,4)5)39-32(45)48-22-14-34-17-35(34,15-22)18-34/h7-11,13,19,21-22,25,29H,12,14-18H2,1-6H3,(H2,36,43)(H,37,40)(H,39,45)/t21?,22?,25-,29+,34?,35?/m0/s1. The number of nitrogens with two attached hydrogens (primary N) is 1. The molecule has 4 N–H and O–H groups in total. The van der Waals surface area contributed by atoms with Crippen molar-refractivity contribution < 1.29 is 28.6 Å². The van der Waals surface area contributed by atoms with Gasteiger partial charge in [-0.25, -0.2) is 14.5 Å². The van der Waals surface area contributed by atoms with Gasteiger partial charge in [-0.15, -0.1) is 5.10 Å². The average Bonchev–Trinajstić information content (AvgIpc) is 3.45. The number of benzene rings is 1. The van der Waals surface area contributed by atoms with Crippen molar-refractivity contribution in [1.82, 2.24) is 25.0 Å². The molecule has 3 amide bonds. The lowest BCUT2D eigenvalue weighted by atomic mass is 9.85. The maximum absolute atomic E-state index is 14.1. The molecular weight excluding hydrogens is 614 g/mol. The molecule has 13 heteroatoms. The van der Waals surface area contributed by atoms with Crippen molar-refractivity contribution in [1.29, 1.82) is 0 Å². The Bertz CT molecular complexity index is 1760. The summed E-state index contributed by atoms with van der Waals surface area (Å²) in [6.45, 7) is 9.77. The molecule has 48 heavy (non-hydrogen) atoms. The summed E-state index contributed by atoms with van der Waals surface area (Å²) in [5.41, 5.74) is 6.63. The second-order valence-electron chi connectivity index (χ2n) is 15.5. The fraction of sp³-hybridized carbons (Fsp3) is 0.571. The zero-order chi connectivity index (χ0) is 34.2. The van der Waals surface area contributed by atoms with E-state index < -0.39 is 41.5 Å². The first-order valence-electron chi connectivity index (χ1n) is 16.7. The zero-order valence-corrected chi connectivity index (χ0v) is 28.4. The molecule has 3 saturated carbocycles. The molecule has 3 aromatic rings. The Morgan fingerprint density at radius 2 is 1.79 bits per heavy atom. The van der Waals surface area contributed by atoms with Crippen LogP contribution < -0.4 is 25.8 Å². The highest BCUT2D eigenvalue weighted by Crippen LogP contribution is 2.93. The molecule has 3 heterocycles. The minimum atomic E-state index is -0.943. The first kappa shape index (κ1) is 32.0. The number of pyridine rings is 1. The first-order valence-corrected chi connectivity index (χ1v) is 16.7. The van der Waals surface area contributed by atoms with Gasteiger partial charge < -0.3 is 35.5 Å². The summed E-state index contributed by atoms with van der Waals surface area (Å²) in [7, 11) is 1.59. The number of likely N-dealkylation sites (tertiary alicyclic amines) is 1. The molecule has 4 aliphatic rings. The SMILES string of the molecule is COc1ccc2c(OC3C[C@@H](C(N)=O)N(C(=O)[C@@H](NC(=O)OC4CC56CC5(C4)C6)C(C)(C)C)C3)cc(-n3ccc(NC(C)C)n3)nc2c1. The van der Waals surface area contributed by atoms with Gasteiger partial charge in [0.15, 0.2) is 5.82 Å². The number of fused-ring (bicyclic) bond motifs is 1. The topological polar surface area (TPSA) is 163 Å². The number of anilines is 1. The summed E-state index contributed by atoms with van der Waals surface area (Å²) in [5, 5.41) is 11.5. The van der Waals surface area contributed by atoms with Crippen LogP contribution in [0.3, 0.4) is 0 Å². The lowest BCUT2D eigenvalue weighted by Gasteiger charge is -2.35. The van der Waals surface area contributed by atoms with E-state index >= 15 is 0 Å². The zero-order valence-electron chi connectivity index (χ0n) is 28.4. The summed E-state index contributed by atoms with van der Waals surface area (Å²) in [6, 6.07) is 7.49. The normalized spacial score (nSPS) is 27.6. The molecule has 2 aromatic heterocycles. The molecule has 3 atom stereocenters. The van der Waals surface area contributed by atoms with Crippen LogP contribution in [0.15, 0.2) is 36.5 Å². The smallest absolute Gasteiger partial charge is 0.408 e. The Hall–Kier alpha value is -4.55. The third-order valence-electron chi connectivity index (χ3n) is 10.5. The maximum Gasteiger partial charge on any atom is 0.408 e. The fourth-order valence-corrected chi connectivity index (χ4v) is 7.93. The fourth-order valence-electron chi connectivity index (χ4n) is 7.93. The highest BCUT2D eigenvalue weighted by molar-refractivity contribution is 5.92. The Kier molecular flexibility index (Phi) is 7.52. The summed E-state index contributed by atoms with van der Waals surface area (Å²) >= 11 is 0. The number of aromatic nitrogens is 3. The van der Waals surface area contributed by atoms with Crippen LogP contribution in [0.1, 0.15) is 66.7 Å². The van der Waals surface area contributed by atoms with E-state index in [1.54, 1.807) is 17.9 Å². The number of carbonyl (C=O) groups excluding carboxylic acids is 3. The van der Waals surface area contributed by atoms with Crippen molar-refractivity contribution in [3.63, 3.8) is 0 Å². The number of ether oxygens (including phenoxy) is 3. The molecule has 7 rings (SSSR count). The van der Waals surface area contributed by atoms with E-state index in [1.165, 1.54) is 17.7 Å². The number of hydrogen-bond acceptors (Lipinski definition) is 9. The molecule has 3 aliphatic carbocycles. The minimum absolute atomic E-state index is 0.100. The monoisotopic (exact) mass is 659 g/mol. The molecule has 13 nitrogen and oxygen atoms in total. The largest absolute Gasteiger partial charge is 0.497 e. The van der Waals surface area contributed by atoms with E-state index in [9.17, 15) is 14.4 Å². The highest BCUT2D eigenvalue weighted by atomic mass is 16.6. The van der Waals surface area contributed by atoms with Gasteiger partial charge in [0.1, 0.15) is 41.6 Å². The molecule has 256 valence electrons. The lowest BCUT2D eigenvalue weighted by Crippen LogP contribution is -2.57. The number of primary amides is 1. The van der Waals surface area contributed by atoms with Crippen LogP contribution in [0.2, 0.25) is 0 Å². The quantitative estimate of drug-likeness (QED) is 0.290. The van der Waals surface area contributed by atoms with E-state index in [-0.39, 0.29) is 25.1 Å². The Morgan fingerprint density at radius 1 is 1.06 bits per heavy atom. The molecule has 4 fully saturated rings. The number of nitrogens with one attached hydrogen (secondary N) is 2. The van der Waals surface area contributed by atoms with Gasteiger partial charge in [0.05, 0.1) is 19.2 Å². The first-order chi connectivity index (χ1) is 22.7. The van der Waals surface area contributed by atoms with E-state index in [1.807, 2.05) is 65.1 Å². The van der Waals surface area contributed by atoms with E-state index in [4.69, 9.17) is 24.9 Å². The summed E-state index contributed by atoms with van der Waals surface area (Å²) in [6.07, 6.45) is 5.01. The van der Waals surface area contributed by atoms with Crippen LogP contribution in [-0.4, -0.2) is 81.6 Å². The number of rotatable bonds is 10. The Morgan fingerprint density at radius 3 is 2.44 bits per heavy atom. The number of hydrogen-bond donors (Lipinski definition) is 3. The van der Waals surface area contributed by atoms with Gasteiger partial charge in [-0.3, -0.25) is 9.59 Å². The molecule has 1 unspecified atom stereocenters. The number of nitrogens with zero attached hydrogens (tertiary/aromatic N) is 4. The van der Waals surface area contributed by atoms with Crippen molar-refractivity contribution >= 4 is 34.6 Å². The number of alkyl carbamates (subject to hydrolysis) is 1. The number of methoxy groups -OCH3 is 1. The third-order valence-corrected chi connectivity index (χ3v) is 10.5. The second kappa shape index (κ2) is 11.3. The second-order valence-corrected chi connectivity index (χ2v) is 15.5. The van der Waals surface area contributed by atoms with Gasteiger partial charge in [-0.05, 0) is 67.9 Å². The lowest BCUT2D eigenvalue weighted by molar-refractivity contribution is -0.141. The number of amides is 3. The van der Waals surface area contributed by atoms with Gasteiger partial charge >= 0.3 is 6.09 Å². The molecule has 0 bridgehead atoms. The molecule has 1 aliphatic heterocycles. The van der Waals surface area contributed by atoms with Crippen LogP contribution in [0.4, 0.5) is 10.6 Å². The van der Waals surface area contributed by atoms with Gasteiger partial charge in [0, 0.05) is 42.2 Å². The van der Waals surface area contributed by atoms with Crippen LogP contribution in [0.25, 0.3) is 16.7 Å². The predicted octanol–water partition coefficient (Wildman–Crippen LogP) is 4.17. The predicted molar refractivity (Wildman–Crippen MR) is 178 cm³/mol.